The first-order chi connectivity index (χ1) is 7.06. The quantitative estimate of drug-likeness (QED) is 0.263. The Labute approximate surface area is 160 Å². The molecular weight excluding hydrogens is 552 g/mol. The maximum Gasteiger partial charge on any atom is 0 e. The summed E-state index contributed by atoms with van der Waals surface area (Å²) >= 11 is 4.74. The molecule has 1 radical (unpaired) electrons. The summed E-state index contributed by atoms with van der Waals surface area (Å²) in [6.45, 7) is 6.31. The van der Waals surface area contributed by atoms with Crippen LogP contribution in [0.3, 0.4) is 0 Å². The van der Waals surface area contributed by atoms with E-state index in [1.54, 1.807) is 7.05 Å². The van der Waals surface area contributed by atoms with E-state index in [1.165, 1.54) is 16.7 Å². The zero-order chi connectivity index (χ0) is 11.8. The second-order valence-electron chi connectivity index (χ2n) is 3.15. The molecule has 0 saturated heterocycles. The molecule has 1 aromatic rings. The van der Waals surface area contributed by atoms with Crippen molar-refractivity contribution in [1.82, 2.24) is 0 Å². The van der Waals surface area contributed by atoms with Crippen molar-refractivity contribution in [2.24, 2.45) is 4.99 Å². The van der Waals surface area contributed by atoms with Crippen molar-refractivity contribution < 1.29 is 42.2 Å². The maximum absolute atomic E-state index is 3.89. The van der Waals surface area contributed by atoms with Crippen LogP contribution in [0, 0.1) is 28.2 Å². The summed E-state index contributed by atoms with van der Waals surface area (Å²) in [5.41, 5.74) is 4.96. The number of rotatable bonds is 1. The van der Waals surface area contributed by atoms with Crippen LogP contribution >= 0.6 is 40.0 Å². The number of hydrogen-bond donors (Lipinski definition) is 0. The van der Waals surface area contributed by atoms with Crippen molar-refractivity contribution in [2.75, 3.05) is 7.05 Å². The van der Waals surface area contributed by atoms with Crippen molar-refractivity contribution in [3.63, 3.8) is 0 Å². The van der Waals surface area contributed by atoms with E-state index in [2.05, 4.69) is 84.1 Å². The van der Waals surface area contributed by atoms with Gasteiger partial charge in [0.2, 0.25) is 0 Å². The van der Waals surface area contributed by atoms with Gasteiger partial charge in [-0.1, -0.05) is 25.6 Å². The Bertz CT molecular complexity index is 344. The van der Waals surface area contributed by atoms with Gasteiger partial charge in [-0.05, 0) is 6.92 Å². The van der Waals surface area contributed by atoms with Crippen LogP contribution in [0.5, 0.6) is 0 Å². The van der Waals surface area contributed by atoms with Crippen LogP contribution in [0.25, 0.3) is 0 Å². The van der Waals surface area contributed by atoms with Gasteiger partial charge in [0.25, 0.3) is 0 Å². The second kappa shape index (κ2) is 14.4. The van der Waals surface area contributed by atoms with E-state index in [0.29, 0.717) is 9.47 Å². The number of hydrogen-bond acceptors (Lipinski definition) is 1. The fraction of sp³-hybridized carbons (Fsp3) is 0.333. The Hall–Kier alpha value is 2.04. The molecule has 0 unspecified atom stereocenters. The van der Waals surface area contributed by atoms with Crippen LogP contribution in [-0.2, 0) is 42.2 Å². The molecule has 17 heavy (non-hydrogen) atoms. The molecule has 0 fully saturated rings. The summed E-state index contributed by atoms with van der Waals surface area (Å²) in [4.78, 5) is 3.89. The molecule has 0 aromatic heterocycles. The Kier molecular flexibility index (Phi) is 20.5. The number of aryl methyl sites for hydroxylation is 3. The van der Waals surface area contributed by atoms with Gasteiger partial charge < -0.3 is 12.4 Å². The smallest absolute Gasteiger partial charge is 0 e. The largest absolute Gasteiger partial charge is 0 e. The van der Waals surface area contributed by atoms with E-state index >= 15 is 0 Å². The molecule has 0 saturated carbocycles. The van der Waals surface area contributed by atoms with Gasteiger partial charge in [0.05, 0.1) is 0 Å². The molecule has 0 N–H and O–H groups in total. The van der Waals surface area contributed by atoms with E-state index in [-0.39, 0.29) is 40.1 Å². The van der Waals surface area contributed by atoms with Gasteiger partial charge in [0.1, 0.15) is 0 Å². The third-order valence-corrected chi connectivity index (χ3v) is 2.07. The second-order valence-corrected chi connectivity index (χ2v) is 14.9. The minimum absolute atomic E-state index is 0. The summed E-state index contributed by atoms with van der Waals surface area (Å²) in [5, 5.41) is 0. The standard InChI is InChI=1S/C11H14N.CH3.2HI.V.Y/c1-8-5-10(3)11(7-12-4)6-9(8)2;;;;;/h5-6H,1-4H3;1H3;2*1H;;/q2*-1;;;+2;/p-2. The molecule has 0 amide bonds. The molecule has 1 aromatic carbocycles. The van der Waals surface area contributed by atoms with Gasteiger partial charge in [-0.15, -0.1) is 11.6 Å². The minimum atomic E-state index is 0. The topological polar surface area (TPSA) is 12.4 Å². The normalized spacial score (nSPS) is 8.59. The molecule has 0 aliphatic heterocycles. The minimum Gasteiger partial charge on any atom is 0 e. The third-order valence-electron chi connectivity index (χ3n) is 2.07. The summed E-state index contributed by atoms with van der Waals surface area (Å²) in [7, 11) is 2.37. The summed E-state index contributed by atoms with van der Waals surface area (Å²) in [5.74, 6) is 0. The number of halogens is 2. The molecule has 5 heteroatoms. The van der Waals surface area contributed by atoms with Crippen molar-refractivity contribution in [2.45, 2.75) is 20.8 Å². The zero-order valence-corrected chi connectivity index (χ0v) is 19.4. The predicted molar refractivity (Wildman–Crippen MR) is 87.6 cm³/mol. The first-order valence-corrected chi connectivity index (χ1v) is 13.4. The van der Waals surface area contributed by atoms with Gasteiger partial charge in [0.15, 0.2) is 0 Å². The van der Waals surface area contributed by atoms with E-state index in [9.17, 15) is 0 Å². The van der Waals surface area contributed by atoms with E-state index in [0.717, 1.165) is 5.56 Å². The first kappa shape index (κ1) is 24.1. The van der Waals surface area contributed by atoms with Gasteiger partial charge in [0, 0.05) is 39.8 Å². The molecule has 0 bridgehead atoms. The number of aliphatic imine (C=N–C) groups is 1. The maximum atomic E-state index is 3.89. The van der Waals surface area contributed by atoms with Gasteiger partial charge in [-0.3, -0.25) is 0 Å². The Morgan fingerprint density at radius 3 is 1.88 bits per heavy atom. The van der Waals surface area contributed by atoms with E-state index in [1.807, 2.05) is 0 Å². The summed E-state index contributed by atoms with van der Waals surface area (Å²) < 4.78 is 0. The van der Waals surface area contributed by atoms with Crippen LogP contribution in [0.4, 0.5) is 0 Å². The number of nitrogens with zero attached hydrogens (tertiary/aromatic N) is 1. The molecule has 0 aliphatic carbocycles. The van der Waals surface area contributed by atoms with E-state index < -0.39 is 0 Å². The summed E-state index contributed by atoms with van der Waals surface area (Å²) in [6.07, 6.45) is 2.97. The molecule has 1 nitrogen and oxygen atoms in total. The predicted octanol–water partition coefficient (Wildman–Crippen LogP) is 4.75. The third kappa shape index (κ3) is 10.5. The SMILES string of the molecule is CN=[C-]c1cc(C)c(C)cc1C.[CH3-].[I][V][I].[Y]. The molecule has 0 spiro atoms. The van der Waals surface area contributed by atoms with Crippen LogP contribution in [0.2, 0.25) is 0 Å². The summed E-state index contributed by atoms with van der Waals surface area (Å²) in [6, 6.07) is 4.29. The zero-order valence-electron chi connectivity index (χ0n) is 10.9. The molecule has 0 heterocycles. The van der Waals surface area contributed by atoms with Crippen molar-refractivity contribution in [3.8, 4) is 0 Å². The van der Waals surface area contributed by atoms with Gasteiger partial charge in [-0.2, -0.15) is 17.2 Å². The average molecular weight is 569 g/mol. The molecular formula is C12H17I2NVY-2. The monoisotopic (exact) mass is 569 g/mol. The van der Waals surface area contributed by atoms with Gasteiger partial charge in [-0.25, -0.2) is 0 Å². The molecule has 0 aliphatic rings. The van der Waals surface area contributed by atoms with Crippen molar-refractivity contribution in [1.29, 1.82) is 0 Å². The average Bonchev–Trinajstić information content (AvgIpc) is 2.16. The van der Waals surface area contributed by atoms with Crippen LogP contribution in [-0.4, -0.2) is 13.3 Å². The van der Waals surface area contributed by atoms with Crippen molar-refractivity contribution in [3.05, 3.63) is 41.8 Å². The first-order valence-electron chi connectivity index (χ1n) is 4.41. The Morgan fingerprint density at radius 1 is 1.06 bits per heavy atom. The Balaban J connectivity index is -0.000000356. The number of benzene rings is 1. The molecule has 0 atom stereocenters. The van der Waals surface area contributed by atoms with Crippen molar-refractivity contribution >= 4 is 46.2 Å². The van der Waals surface area contributed by atoms with Crippen LogP contribution in [0.1, 0.15) is 22.3 Å². The van der Waals surface area contributed by atoms with Crippen LogP contribution < -0.4 is 0 Å². The molecule has 94 valence electrons. The molecule has 1 rings (SSSR count). The van der Waals surface area contributed by atoms with Gasteiger partial charge >= 0.3 is 49.4 Å². The van der Waals surface area contributed by atoms with Crippen LogP contribution in [0.15, 0.2) is 17.1 Å². The Morgan fingerprint density at radius 2 is 1.47 bits per heavy atom. The van der Waals surface area contributed by atoms with E-state index in [4.69, 9.17) is 0 Å². The fourth-order valence-electron chi connectivity index (χ4n) is 1.20. The fourth-order valence-corrected chi connectivity index (χ4v) is 1.20.